The Morgan fingerprint density at radius 1 is 1.27 bits per heavy atom. The van der Waals surface area contributed by atoms with Crippen molar-refractivity contribution in [3.05, 3.63) is 47.0 Å². The molecule has 2 fully saturated rings. The van der Waals surface area contributed by atoms with E-state index in [9.17, 15) is 0 Å². The Morgan fingerprint density at radius 3 is 2.85 bits per heavy atom. The monoisotopic (exact) mass is 356 g/mol. The van der Waals surface area contributed by atoms with Gasteiger partial charge in [0.1, 0.15) is 0 Å². The average Bonchev–Trinajstić information content (AvgIpc) is 2.89. The van der Waals surface area contributed by atoms with Gasteiger partial charge in [-0.05, 0) is 38.5 Å². The molecule has 0 amide bonds. The van der Waals surface area contributed by atoms with Crippen LogP contribution in [0.4, 0.5) is 0 Å². The van der Waals surface area contributed by atoms with Gasteiger partial charge < -0.3 is 9.47 Å². The molecular weight excluding hydrogens is 328 g/mol. The predicted octanol–water partition coefficient (Wildman–Crippen LogP) is 2.38. The Labute approximate surface area is 155 Å². The zero-order valence-corrected chi connectivity index (χ0v) is 15.9. The van der Waals surface area contributed by atoms with Gasteiger partial charge >= 0.3 is 0 Å². The van der Waals surface area contributed by atoms with Gasteiger partial charge in [-0.2, -0.15) is 5.10 Å². The van der Waals surface area contributed by atoms with Gasteiger partial charge in [-0.1, -0.05) is 6.07 Å². The van der Waals surface area contributed by atoms with Crippen LogP contribution in [0.15, 0.2) is 24.3 Å². The maximum Gasteiger partial charge on any atom is 0.0959 e. The zero-order valence-electron chi connectivity index (χ0n) is 15.9. The topological polar surface area (TPSA) is 52.4 Å². The van der Waals surface area contributed by atoms with Gasteiger partial charge in [-0.15, -0.1) is 0 Å². The highest BCUT2D eigenvalue weighted by Crippen LogP contribution is 2.36. The van der Waals surface area contributed by atoms with Crippen LogP contribution in [0, 0.1) is 13.8 Å². The van der Waals surface area contributed by atoms with Gasteiger partial charge in [0.25, 0.3) is 0 Å². The summed E-state index contributed by atoms with van der Waals surface area (Å²) in [5.41, 5.74) is 4.34. The van der Waals surface area contributed by atoms with Crippen LogP contribution in [-0.2, 0) is 29.7 Å². The Bertz CT molecular complexity index is 767. The Kier molecular flexibility index (Phi) is 4.82. The van der Waals surface area contributed by atoms with Gasteiger partial charge in [0, 0.05) is 45.4 Å². The van der Waals surface area contributed by atoms with E-state index in [4.69, 9.17) is 9.47 Å². The minimum Gasteiger partial charge on any atom is -0.372 e. The van der Waals surface area contributed by atoms with Crippen molar-refractivity contribution in [1.29, 1.82) is 0 Å². The Hall–Kier alpha value is -1.76. The average molecular weight is 356 g/mol. The lowest BCUT2D eigenvalue weighted by molar-refractivity contribution is -0.201. The van der Waals surface area contributed by atoms with Crippen LogP contribution in [0.1, 0.15) is 35.6 Å². The number of hydrogen-bond donors (Lipinski definition) is 0. The van der Waals surface area contributed by atoms with Crippen molar-refractivity contribution < 1.29 is 9.47 Å². The highest BCUT2D eigenvalue weighted by Gasteiger charge is 2.47. The number of aromatic nitrogens is 3. The summed E-state index contributed by atoms with van der Waals surface area (Å²) in [7, 11) is 2.01. The predicted molar refractivity (Wildman–Crippen MR) is 98.7 cm³/mol. The van der Waals surface area contributed by atoms with Gasteiger partial charge in [-0.25, -0.2) is 0 Å². The second-order valence-corrected chi connectivity index (χ2v) is 7.77. The SMILES string of the molecule is Cc1cccc(CO[C@H]2CCOC3(C2)CN(Cc2cc(C)nn2C)C3)n1. The van der Waals surface area contributed by atoms with E-state index in [-0.39, 0.29) is 11.7 Å². The summed E-state index contributed by atoms with van der Waals surface area (Å²) < 4.78 is 14.3. The van der Waals surface area contributed by atoms with E-state index in [0.717, 1.165) is 56.2 Å². The molecule has 4 heterocycles. The molecule has 6 nitrogen and oxygen atoms in total. The number of rotatable bonds is 5. The van der Waals surface area contributed by atoms with Crippen LogP contribution in [-0.4, -0.2) is 51.1 Å². The first-order valence-corrected chi connectivity index (χ1v) is 9.41. The van der Waals surface area contributed by atoms with Crippen molar-refractivity contribution in [1.82, 2.24) is 19.7 Å². The highest BCUT2D eigenvalue weighted by atomic mass is 16.5. The van der Waals surface area contributed by atoms with Crippen LogP contribution in [0.5, 0.6) is 0 Å². The third kappa shape index (κ3) is 3.82. The molecule has 0 bridgehead atoms. The molecule has 140 valence electrons. The standard InChI is InChI=1S/C20H28N4O2/c1-15-5-4-6-17(21-15)12-25-19-7-8-26-20(10-19)13-24(14-20)11-18-9-16(2)22-23(18)3/h4-6,9,19H,7-8,10-14H2,1-3H3/t19-/m0/s1. The van der Waals surface area contributed by atoms with Crippen molar-refractivity contribution in [2.45, 2.75) is 51.5 Å². The van der Waals surface area contributed by atoms with E-state index < -0.39 is 0 Å². The molecule has 1 atom stereocenters. The van der Waals surface area contributed by atoms with Crippen LogP contribution >= 0.6 is 0 Å². The minimum absolute atomic E-state index is 0.0312. The molecular formula is C20H28N4O2. The van der Waals surface area contributed by atoms with Gasteiger partial charge in [-0.3, -0.25) is 14.6 Å². The molecule has 0 unspecified atom stereocenters. The van der Waals surface area contributed by atoms with E-state index in [0.29, 0.717) is 6.61 Å². The molecule has 1 spiro atoms. The molecule has 2 aliphatic rings. The summed E-state index contributed by atoms with van der Waals surface area (Å²) in [4.78, 5) is 6.96. The molecule has 2 aromatic rings. The molecule has 0 N–H and O–H groups in total. The van der Waals surface area contributed by atoms with Crippen molar-refractivity contribution in [3.63, 3.8) is 0 Å². The third-order valence-electron chi connectivity index (χ3n) is 5.37. The van der Waals surface area contributed by atoms with Gasteiger partial charge in [0.15, 0.2) is 0 Å². The van der Waals surface area contributed by atoms with Gasteiger partial charge in [0.2, 0.25) is 0 Å². The number of pyridine rings is 1. The summed E-state index contributed by atoms with van der Waals surface area (Å²) in [6, 6.07) is 8.24. The number of nitrogens with zero attached hydrogens (tertiary/aromatic N) is 4. The lowest BCUT2D eigenvalue weighted by Gasteiger charge is -2.53. The lowest BCUT2D eigenvalue weighted by atomic mass is 9.84. The second kappa shape index (κ2) is 7.10. The van der Waals surface area contributed by atoms with Crippen molar-refractivity contribution in [3.8, 4) is 0 Å². The van der Waals surface area contributed by atoms with Crippen LogP contribution in [0.3, 0.4) is 0 Å². The third-order valence-corrected chi connectivity index (χ3v) is 5.37. The molecule has 2 aliphatic heterocycles. The maximum absolute atomic E-state index is 6.16. The molecule has 0 aromatic carbocycles. The normalized spacial score (nSPS) is 22.5. The van der Waals surface area contributed by atoms with E-state index in [1.165, 1.54) is 5.69 Å². The van der Waals surface area contributed by atoms with Crippen LogP contribution in [0.25, 0.3) is 0 Å². The molecule has 6 heteroatoms. The fraction of sp³-hybridized carbons (Fsp3) is 0.600. The molecule has 2 aromatic heterocycles. The quantitative estimate of drug-likeness (QED) is 0.823. The summed E-state index contributed by atoms with van der Waals surface area (Å²) in [5, 5.41) is 4.43. The maximum atomic E-state index is 6.16. The van der Waals surface area contributed by atoms with E-state index in [1.807, 2.05) is 43.8 Å². The fourth-order valence-corrected chi connectivity index (χ4v) is 4.15. The summed E-state index contributed by atoms with van der Waals surface area (Å²) in [5.74, 6) is 0. The Balaban J connectivity index is 1.28. The van der Waals surface area contributed by atoms with E-state index in [1.54, 1.807) is 0 Å². The minimum atomic E-state index is -0.0312. The first-order chi connectivity index (χ1) is 12.5. The second-order valence-electron chi connectivity index (χ2n) is 7.77. The van der Waals surface area contributed by atoms with Gasteiger partial charge in [0.05, 0.1) is 35.4 Å². The highest BCUT2D eigenvalue weighted by molar-refractivity contribution is 5.11. The summed E-state index contributed by atoms with van der Waals surface area (Å²) in [6.07, 6.45) is 2.20. The molecule has 0 aliphatic carbocycles. The number of hydrogen-bond acceptors (Lipinski definition) is 5. The lowest BCUT2D eigenvalue weighted by Crippen LogP contribution is -2.65. The van der Waals surface area contributed by atoms with E-state index >= 15 is 0 Å². The molecule has 0 saturated carbocycles. The molecule has 4 rings (SSSR count). The number of ether oxygens (including phenoxy) is 2. The number of likely N-dealkylation sites (tertiary alicyclic amines) is 1. The van der Waals surface area contributed by atoms with Crippen molar-refractivity contribution >= 4 is 0 Å². The largest absolute Gasteiger partial charge is 0.372 e. The smallest absolute Gasteiger partial charge is 0.0959 e. The number of aryl methyl sites for hydroxylation is 3. The van der Waals surface area contributed by atoms with Crippen LogP contribution in [0.2, 0.25) is 0 Å². The first-order valence-electron chi connectivity index (χ1n) is 9.41. The van der Waals surface area contributed by atoms with Crippen LogP contribution < -0.4 is 0 Å². The van der Waals surface area contributed by atoms with Crippen molar-refractivity contribution in [2.24, 2.45) is 7.05 Å². The molecule has 2 saturated heterocycles. The first kappa shape index (κ1) is 17.6. The summed E-state index contributed by atoms with van der Waals surface area (Å²) in [6.45, 7) is 8.29. The zero-order chi connectivity index (χ0) is 18.1. The fourth-order valence-electron chi connectivity index (χ4n) is 4.15. The van der Waals surface area contributed by atoms with Crippen molar-refractivity contribution in [2.75, 3.05) is 19.7 Å². The molecule has 26 heavy (non-hydrogen) atoms. The molecule has 0 radical (unpaired) electrons. The Morgan fingerprint density at radius 2 is 2.12 bits per heavy atom. The van der Waals surface area contributed by atoms with E-state index in [2.05, 4.69) is 21.0 Å². The summed E-state index contributed by atoms with van der Waals surface area (Å²) >= 11 is 0.